The number of hydrogen-bond donors (Lipinski definition) is 2. The summed E-state index contributed by atoms with van der Waals surface area (Å²) in [5.74, 6) is -0.206. The molecule has 0 aliphatic carbocycles. The molecule has 9 heteroatoms. The van der Waals surface area contributed by atoms with Gasteiger partial charge in [-0.3, -0.25) is 9.59 Å². The van der Waals surface area contributed by atoms with Crippen LogP contribution < -0.4 is 5.32 Å². The van der Waals surface area contributed by atoms with Crippen molar-refractivity contribution in [2.45, 2.75) is 31.0 Å². The summed E-state index contributed by atoms with van der Waals surface area (Å²) >= 11 is 2.80. The number of nitrogens with one attached hydrogen (secondary N) is 1. The Labute approximate surface area is 197 Å². The first kappa shape index (κ1) is 22.9. The number of aromatic hydroxyl groups is 1. The minimum atomic E-state index is -0.567. The standard InChI is InChI=1S/C24H20FN3O3S2/c1-12-20(16-5-7-17(25)8-6-16)21-23(32-12)26-14(3)27-24(21)33-13(2)22(31)28-18-10-15(11-29)4-9-19(18)30/h4-11,13,30H,1-3H3,(H,28,31). The normalized spacial score (nSPS) is 12.0. The van der Waals surface area contributed by atoms with E-state index in [4.69, 9.17) is 0 Å². The number of carbonyl (C=O) groups excluding carboxylic acids is 2. The summed E-state index contributed by atoms with van der Waals surface area (Å²) in [7, 11) is 0. The van der Waals surface area contributed by atoms with Gasteiger partial charge in [-0.05, 0) is 56.7 Å². The Morgan fingerprint density at radius 1 is 1.18 bits per heavy atom. The third-order valence-electron chi connectivity index (χ3n) is 5.01. The van der Waals surface area contributed by atoms with E-state index in [1.807, 2.05) is 6.92 Å². The molecule has 33 heavy (non-hydrogen) atoms. The molecule has 4 aromatic rings. The molecule has 0 aliphatic rings. The van der Waals surface area contributed by atoms with Crippen LogP contribution in [0, 0.1) is 19.7 Å². The summed E-state index contributed by atoms with van der Waals surface area (Å²) in [4.78, 5) is 34.9. The lowest BCUT2D eigenvalue weighted by molar-refractivity contribution is -0.115. The monoisotopic (exact) mass is 481 g/mol. The van der Waals surface area contributed by atoms with Crippen molar-refractivity contribution in [3.63, 3.8) is 0 Å². The average Bonchev–Trinajstić information content (AvgIpc) is 3.11. The van der Waals surface area contributed by atoms with E-state index in [0.717, 1.165) is 26.2 Å². The fourth-order valence-corrected chi connectivity index (χ4v) is 5.57. The number of amides is 1. The van der Waals surface area contributed by atoms with Crippen LogP contribution in [-0.2, 0) is 4.79 Å². The summed E-state index contributed by atoms with van der Waals surface area (Å²) in [6.07, 6.45) is 0.642. The Morgan fingerprint density at radius 2 is 1.91 bits per heavy atom. The van der Waals surface area contributed by atoms with E-state index in [0.29, 0.717) is 22.7 Å². The predicted octanol–water partition coefficient (Wildman–Crippen LogP) is 5.75. The zero-order chi connectivity index (χ0) is 23.7. The lowest BCUT2D eigenvalue weighted by Crippen LogP contribution is -2.22. The molecule has 2 aromatic heterocycles. The van der Waals surface area contributed by atoms with Gasteiger partial charge in [0.1, 0.15) is 33.5 Å². The van der Waals surface area contributed by atoms with Crippen LogP contribution >= 0.6 is 23.1 Å². The van der Waals surface area contributed by atoms with Gasteiger partial charge in [-0.25, -0.2) is 14.4 Å². The average molecular weight is 482 g/mol. The molecule has 0 saturated carbocycles. The van der Waals surface area contributed by atoms with Gasteiger partial charge in [0, 0.05) is 16.0 Å². The molecule has 1 amide bonds. The number of nitrogens with zero attached hydrogens (tertiary/aromatic N) is 2. The molecule has 2 aromatic carbocycles. The number of aryl methyl sites for hydroxylation is 2. The topological polar surface area (TPSA) is 92.2 Å². The van der Waals surface area contributed by atoms with Crippen molar-refractivity contribution in [1.29, 1.82) is 0 Å². The maximum absolute atomic E-state index is 13.5. The zero-order valence-corrected chi connectivity index (χ0v) is 19.7. The highest BCUT2D eigenvalue weighted by Crippen LogP contribution is 2.42. The molecule has 1 unspecified atom stereocenters. The number of aromatic nitrogens is 2. The van der Waals surface area contributed by atoms with Crippen LogP contribution in [0.5, 0.6) is 5.75 Å². The van der Waals surface area contributed by atoms with Crippen LogP contribution in [0.25, 0.3) is 21.3 Å². The molecule has 2 N–H and O–H groups in total. The molecular weight excluding hydrogens is 461 g/mol. The van der Waals surface area contributed by atoms with Crippen LogP contribution in [-0.4, -0.2) is 32.5 Å². The molecule has 0 bridgehead atoms. The highest BCUT2D eigenvalue weighted by molar-refractivity contribution is 8.00. The summed E-state index contributed by atoms with van der Waals surface area (Å²) < 4.78 is 13.5. The predicted molar refractivity (Wildman–Crippen MR) is 130 cm³/mol. The number of rotatable bonds is 6. The van der Waals surface area contributed by atoms with Crippen LogP contribution in [0.1, 0.15) is 28.0 Å². The highest BCUT2D eigenvalue weighted by atomic mass is 32.2. The van der Waals surface area contributed by atoms with Crippen molar-refractivity contribution in [2.75, 3.05) is 5.32 Å². The first-order valence-corrected chi connectivity index (χ1v) is 11.8. The Kier molecular flexibility index (Phi) is 6.44. The van der Waals surface area contributed by atoms with Gasteiger partial charge in [0.15, 0.2) is 0 Å². The number of anilines is 1. The number of fused-ring (bicyclic) bond motifs is 1. The van der Waals surface area contributed by atoms with Gasteiger partial charge in [-0.2, -0.15) is 0 Å². The minimum Gasteiger partial charge on any atom is -0.506 e. The van der Waals surface area contributed by atoms with E-state index in [1.165, 1.54) is 53.4 Å². The largest absolute Gasteiger partial charge is 0.506 e. The van der Waals surface area contributed by atoms with E-state index in [1.54, 1.807) is 26.0 Å². The molecule has 1 atom stereocenters. The quantitative estimate of drug-likeness (QED) is 0.158. The summed E-state index contributed by atoms with van der Waals surface area (Å²) in [5.41, 5.74) is 2.28. The van der Waals surface area contributed by atoms with Gasteiger partial charge < -0.3 is 10.4 Å². The molecule has 0 fully saturated rings. The van der Waals surface area contributed by atoms with E-state index >= 15 is 0 Å². The molecule has 0 radical (unpaired) electrons. The number of hydrogen-bond acceptors (Lipinski definition) is 7. The third kappa shape index (κ3) is 4.74. The number of benzene rings is 2. The number of phenolic OH excluding ortho intramolecular Hbond substituents is 1. The van der Waals surface area contributed by atoms with Crippen molar-refractivity contribution in [3.8, 4) is 16.9 Å². The van der Waals surface area contributed by atoms with E-state index < -0.39 is 5.25 Å². The fourth-order valence-electron chi connectivity index (χ4n) is 3.41. The van der Waals surface area contributed by atoms with E-state index in [2.05, 4.69) is 15.3 Å². The summed E-state index contributed by atoms with van der Waals surface area (Å²) in [5, 5.41) is 13.6. The highest BCUT2D eigenvalue weighted by Gasteiger charge is 2.23. The van der Waals surface area contributed by atoms with Gasteiger partial charge in [-0.1, -0.05) is 23.9 Å². The second-order valence-corrected chi connectivity index (χ2v) is 9.97. The van der Waals surface area contributed by atoms with E-state index in [9.17, 15) is 19.1 Å². The minimum absolute atomic E-state index is 0.126. The van der Waals surface area contributed by atoms with Crippen LogP contribution in [0.3, 0.4) is 0 Å². The molecule has 4 rings (SSSR count). The van der Waals surface area contributed by atoms with Crippen LogP contribution in [0.2, 0.25) is 0 Å². The first-order chi connectivity index (χ1) is 15.8. The van der Waals surface area contributed by atoms with Crippen molar-refractivity contribution in [1.82, 2.24) is 9.97 Å². The van der Waals surface area contributed by atoms with Crippen molar-refractivity contribution in [3.05, 3.63) is 64.5 Å². The number of thioether (sulfide) groups is 1. The van der Waals surface area contributed by atoms with Gasteiger partial charge in [0.05, 0.1) is 16.3 Å². The van der Waals surface area contributed by atoms with Crippen molar-refractivity contribution < 1.29 is 19.1 Å². The Morgan fingerprint density at radius 3 is 2.61 bits per heavy atom. The second kappa shape index (κ2) is 9.29. The zero-order valence-electron chi connectivity index (χ0n) is 18.0. The molecule has 0 aliphatic heterocycles. The van der Waals surface area contributed by atoms with Crippen molar-refractivity contribution >= 4 is 51.2 Å². The lowest BCUT2D eigenvalue weighted by Gasteiger charge is -2.14. The Hall–Kier alpha value is -3.30. The van der Waals surface area contributed by atoms with Crippen LogP contribution in [0.15, 0.2) is 47.5 Å². The molecule has 0 saturated heterocycles. The molecule has 6 nitrogen and oxygen atoms in total. The third-order valence-corrected chi connectivity index (χ3v) is 7.10. The number of phenols is 1. The maximum Gasteiger partial charge on any atom is 0.237 e. The number of halogens is 1. The fraction of sp³-hybridized carbons (Fsp3) is 0.167. The smallest absolute Gasteiger partial charge is 0.237 e. The number of aldehydes is 1. The molecule has 2 heterocycles. The van der Waals surface area contributed by atoms with Gasteiger partial charge in [0.25, 0.3) is 0 Å². The molecule has 168 valence electrons. The first-order valence-electron chi connectivity index (χ1n) is 10.1. The molecular formula is C24H20FN3O3S2. The van der Waals surface area contributed by atoms with Crippen LogP contribution in [0.4, 0.5) is 10.1 Å². The number of carbonyl (C=O) groups is 2. The SMILES string of the molecule is Cc1nc(SC(C)C(=O)Nc2cc(C=O)ccc2O)c2c(-c3ccc(F)cc3)c(C)sc2n1. The van der Waals surface area contributed by atoms with Gasteiger partial charge in [-0.15, -0.1) is 11.3 Å². The van der Waals surface area contributed by atoms with Gasteiger partial charge >= 0.3 is 0 Å². The Balaban J connectivity index is 1.69. The molecule has 0 spiro atoms. The second-order valence-electron chi connectivity index (χ2n) is 7.44. The summed E-state index contributed by atoms with van der Waals surface area (Å²) in [6, 6.07) is 10.5. The lowest BCUT2D eigenvalue weighted by atomic mass is 10.0. The maximum atomic E-state index is 13.5. The Bertz CT molecular complexity index is 1370. The van der Waals surface area contributed by atoms with E-state index in [-0.39, 0.29) is 23.2 Å². The van der Waals surface area contributed by atoms with Gasteiger partial charge in [0.2, 0.25) is 5.91 Å². The van der Waals surface area contributed by atoms with Crippen molar-refractivity contribution in [2.24, 2.45) is 0 Å². The summed E-state index contributed by atoms with van der Waals surface area (Å²) in [6.45, 7) is 5.51. The number of thiophene rings is 1.